The summed E-state index contributed by atoms with van der Waals surface area (Å²) in [7, 11) is 8.15. The molecule has 0 aromatic rings. The number of urea groups is 1. The standard InChI is InChI=1S/C5H10N2.C3H8N2O.C3H7NO.C3H6O2/c1-5-6-3-4-7(5)2;1-4-3(6)5-2;1-3(5)4-2;1-3(4)5-2/h3-4H2,1-2H3;1-2H3,(H2,4,5,6);1-2H3,(H,4,5);1-2H3. The molecule has 136 valence electrons. The van der Waals surface area contributed by atoms with Crippen molar-refractivity contribution < 1.29 is 19.1 Å². The lowest BCUT2D eigenvalue weighted by Crippen LogP contribution is -2.28. The molecule has 1 rings (SSSR count). The van der Waals surface area contributed by atoms with E-state index >= 15 is 0 Å². The highest BCUT2D eigenvalue weighted by Gasteiger charge is 2.04. The molecule has 0 fully saturated rings. The minimum absolute atomic E-state index is 0.00463. The molecule has 0 unspecified atom stereocenters. The summed E-state index contributed by atoms with van der Waals surface area (Å²) in [6, 6.07) is -0.157. The van der Waals surface area contributed by atoms with Crippen LogP contribution in [-0.2, 0) is 14.3 Å². The Hall–Kier alpha value is -2.32. The van der Waals surface area contributed by atoms with Gasteiger partial charge < -0.3 is 25.6 Å². The van der Waals surface area contributed by atoms with Gasteiger partial charge in [0.15, 0.2) is 0 Å². The SMILES string of the molecule is CC1=NCCN1C.CNC(=O)NC.CNC(C)=O.COC(C)=O. The van der Waals surface area contributed by atoms with Gasteiger partial charge in [0.25, 0.3) is 0 Å². The zero-order chi connectivity index (χ0) is 18.8. The summed E-state index contributed by atoms with van der Waals surface area (Å²) >= 11 is 0. The van der Waals surface area contributed by atoms with Crippen LogP contribution in [0.15, 0.2) is 4.99 Å². The summed E-state index contributed by atoms with van der Waals surface area (Å²) < 4.78 is 4.11. The van der Waals surface area contributed by atoms with Crippen LogP contribution in [0.2, 0.25) is 0 Å². The number of hydrogen-bond donors (Lipinski definition) is 3. The molecular formula is C14H31N5O4. The van der Waals surface area contributed by atoms with Crippen LogP contribution >= 0.6 is 0 Å². The molecule has 9 nitrogen and oxygen atoms in total. The van der Waals surface area contributed by atoms with Gasteiger partial charge in [-0.1, -0.05) is 0 Å². The second-order valence-corrected chi connectivity index (χ2v) is 4.18. The van der Waals surface area contributed by atoms with Gasteiger partial charge in [-0.25, -0.2) is 4.79 Å². The molecule has 1 aliphatic rings. The van der Waals surface area contributed by atoms with Gasteiger partial charge in [-0.3, -0.25) is 14.6 Å². The summed E-state index contributed by atoms with van der Waals surface area (Å²) in [4.78, 5) is 35.6. The second-order valence-electron chi connectivity index (χ2n) is 4.18. The van der Waals surface area contributed by atoms with Crippen molar-refractivity contribution in [1.29, 1.82) is 0 Å². The smallest absolute Gasteiger partial charge is 0.314 e. The summed E-state index contributed by atoms with van der Waals surface area (Å²) in [5, 5.41) is 7.12. The normalized spacial score (nSPS) is 11.0. The van der Waals surface area contributed by atoms with Crippen LogP contribution in [-0.4, -0.2) is 77.0 Å². The zero-order valence-electron chi connectivity index (χ0n) is 15.4. The first kappa shape index (κ1) is 25.6. The minimum Gasteiger partial charge on any atom is -0.469 e. The lowest BCUT2D eigenvalue weighted by molar-refractivity contribution is -0.137. The van der Waals surface area contributed by atoms with E-state index in [-0.39, 0.29) is 17.9 Å². The predicted molar refractivity (Wildman–Crippen MR) is 91.6 cm³/mol. The molecular weight excluding hydrogens is 302 g/mol. The number of methoxy groups -OCH3 is 1. The van der Waals surface area contributed by atoms with Crippen LogP contribution in [0, 0.1) is 0 Å². The first-order valence-electron chi connectivity index (χ1n) is 7.00. The fraction of sp³-hybridized carbons (Fsp3) is 0.714. The number of amides is 3. The monoisotopic (exact) mass is 333 g/mol. The number of hydrogen-bond acceptors (Lipinski definition) is 6. The summed E-state index contributed by atoms with van der Waals surface area (Å²) in [5.41, 5.74) is 0. The number of nitrogens with zero attached hydrogens (tertiary/aromatic N) is 2. The van der Waals surface area contributed by atoms with E-state index in [1.165, 1.54) is 26.8 Å². The first-order chi connectivity index (χ1) is 10.7. The quantitative estimate of drug-likeness (QED) is 0.533. The van der Waals surface area contributed by atoms with E-state index in [1.54, 1.807) is 21.1 Å². The average molecular weight is 333 g/mol. The molecule has 0 saturated carbocycles. The molecule has 23 heavy (non-hydrogen) atoms. The molecule has 0 saturated heterocycles. The maximum atomic E-state index is 9.96. The Morgan fingerprint density at radius 1 is 1.09 bits per heavy atom. The topological polar surface area (TPSA) is 112 Å². The number of ether oxygens (including phenoxy) is 1. The van der Waals surface area contributed by atoms with Crippen molar-refractivity contribution in [2.45, 2.75) is 20.8 Å². The number of carbonyl (C=O) groups excluding carboxylic acids is 3. The minimum atomic E-state index is -0.245. The lowest BCUT2D eigenvalue weighted by Gasteiger charge is -2.07. The van der Waals surface area contributed by atoms with Gasteiger partial charge in [0, 0.05) is 48.6 Å². The molecule has 1 aliphatic heterocycles. The Bertz CT molecular complexity index is 352. The highest BCUT2D eigenvalue weighted by atomic mass is 16.5. The molecule has 9 heteroatoms. The summed E-state index contributed by atoms with van der Waals surface area (Å²) in [6.45, 7) is 6.96. The van der Waals surface area contributed by atoms with Crippen LogP contribution in [0.5, 0.6) is 0 Å². The predicted octanol–water partition coefficient (Wildman–Crippen LogP) is -0.173. The van der Waals surface area contributed by atoms with Gasteiger partial charge in [0.1, 0.15) is 0 Å². The first-order valence-corrected chi connectivity index (χ1v) is 7.00. The number of rotatable bonds is 0. The van der Waals surface area contributed by atoms with Gasteiger partial charge >= 0.3 is 12.0 Å². The summed E-state index contributed by atoms with van der Waals surface area (Å²) in [5.74, 6) is 0.926. The number of likely N-dealkylation sites (N-methyl/N-ethyl adjacent to an activating group) is 1. The van der Waals surface area contributed by atoms with E-state index < -0.39 is 0 Å². The zero-order valence-corrected chi connectivity index (χ0v) is 15.4. The van der Waals surface area contributed by atoms with Crippen molar-refractivity contribution in [3.63, 3.8) is 0 Å². The fourth-order valence-corrected chi connectivity index (χ4v) is 0.769. The Morgan fingerprint density at radius 2 is 1.48 bits per heavy atom. The molecule has 0 aromatic heterocycles. The van der Waals surface area contributed by atoms with E-state index in [1.807, 2.05) is 6.92 Å². The third kappa shape index (κ3) is 25.0. The maximum absolute atomic E-state index is 9.96. The molecule has 0 bridgehead atoms. The van der Waals surface area contributed by atoms with Crippen molar-refractivity contribution in [3.8, 4) is 0 Å². The van der Waals surface area contributed by atoms with Gasteiger partial charge in [-0.2, -0.15) is 0 Å². The molecule has 3 N–H and O–H groups in total. The van der Waals surface area contributed by atoms with Crippen molar-refractivity contribution in [3.05, 3.63) is 0 Å². The largest absolute Gasteiger partial charge is 0.469 e. The van der Waals surface area contributed by atoms with E-state index in [4.69, 9.17) is 0 Å². The number of carbonyl (C=O) groups is 3. The fourth-order valence-electron chi connectivity index (χ4n) is 0.769. The third-order valence-corrected chi connectivity index (χ3v) is 2.42. The van der Waals surface area contributed by atoms with E-state index in [0.29, 0.717) is 0 Å². The maximum Gasteiger partial charge on any atom is 0.314 e. The lowest BCUT2D eigenvalue weighted by atomic mass is 10.6. The number of aliphatic imine (C=N–C) groups is 1. The molecule has 0 radical (unpaired) electrons. The number of esters is 1. The molecule has 0 spiro atoms. The Morgan fingerprint density at radius 3 is 1.52 bits per heavy atom. The summed E-state index contributed by atoms with van der Waals surface area (Å²) in [6.07, 6.45) is 0. The van der Waals surface area contributed by atoms with Gasteiger partial charge in [-0.15, -0.1) is 0 Å². The Kier molecular flexibility index (Phi) is 19.8. The molecule has 0 aromatic carbocycles. The highest BCUT2D eigenvalue weighted by Crippen LogP contribution is 1.94. The van der Waals surface area contributed by atoms with E-state index in [2.05, 4.69) is 37.6 Å². The molecule has 1 heterocycles. The van der Waals surface area contributed by atoms with Crippen LogP contribution in [0.3, 0.4) is 0 Å². The number of nitrogens with one attached hydrogen (secondary N) is 3. The van der Waals surface area contributed by atoms with Crippen molar-refractivity contribution in [1.82, 2.24) is 20.9 Å². The highest BCUT2D eigenvalue weighted by molar-refractivity contribution is 5.80. The number of amidine groups is 1. The third-order valence-electron chi connectivity index (χ3n) is 2.42. The van der Waals surface area contributed by atoms with E-state index in [9.17, 15) is 14.4 Å². The van der Waals surface area contributed by atoms with Crippen molar-refractivity contribution in [2.24, 2.45) is 4.99 Å². The average Bonchev–Trinajstić information content (AvgIpc) is 2.91. The molecule has 0 atom stereocenters. The Labute approximate surface area is 138 Å². The van der Waals surface area contributed by atoms with E-state index in [0.717, 1.165) is 13.1 Å². The molecule has 0 aliphatic carbocycles. The van der Waals surface area contributed by atoms with Crippen LogP contribution < -0.4 is 16.0 Å². The van der Waals surface area contributed by atoms with Gasteiger partial charge in [0.05, 0.1) is 19.5 Å². The van der Waals surface area contributed by atoms with Crippen molar-refractivity contribution in [2.75, 3.05) is 48.4 Å². The van der Waals surface area contributed by atoms with Crippen LogP contribution in [0.1, 0.15) is 20.8 Å². The van der Waals surface area contributed by atoms with Crippen molar-refractivity contribution >= 4 is 23.7 Å². The van der Waals surface area contributed by atoms with Crippen LogP contribution in [0.4, 0.5) is 4.79 Å². The Balaban J connectivity index is -0.000000235. The van der Waals surface area contributed by atoms with Gasteiger partial charge in [0.2, 0.25) is 5.91 Å². The second kappa shape index (κ2) is 17.7. The molecule has 3 amide bonds. The van der Waals surface area contributed by atoms with Gasteiger partial charge in [-0.05, 0) is 6.92 Å². The van der Waals surface area contributed by atoms with Crippen LogP contribution in [0.25, 0.3) is 0 Å².